The van der Waals surface area contributed by atoms with Crippen LogP contribution in [0.5, 0.6) is 0 Å². The van der Waals surface area contributed by atoms with Crippen molar-refractivity contribution < 1.29 is 4.74 Å². The van der Waals surface area contributed by atoms with E-state index in [1.165, 1.54) is 5.57 Å². The maximum atomic E-state index is 4.75. The monoisotopic (exact) mass is 140 g/mol. The van der Waals surface area contributed by atoms with Crippen LogP contribution < -0.4 is 0 Å². The van der Waals surface area contributed by atoms with Crippen LogP contribution in [0.25, 0.3) is 0 Å². The van der Waals surface area contributed by atoms with Crippen LogP contribution in [0.15, 0.2) is 17.6 Å². The third kappa shape index (κ3) is 3.37. The Bertz CT molecular complexity index is 154. The topological polar surface area (TPSA) is 9.23 Å². The molecule has 0 atom stereocenters. The van der Waals surface area contributed by atoms with E-state index < -0.39 is 0 Å². The predicted octanol–water partition coefficient (Wildman–Crippen LogP) is 2.74. The summed E-state index contributed by atoms with van der Waals surface area (Å²) in [4.78, 5) is 0. The minimum absolute atomic E-state index is 0.203. The van der Waals surface area contributed by atoms with Crippen molar-refractivity contribution in [3.8, 4) is 0 Å². The van der Waals surface area contributed by atoms with E-state index in [4.69, 9.17) is 4.74 Å². The van der Waals surface area contributed by atoms with Gasteiger partial charge in [-0.15, -0.1) is 0 Å². The Kier molecular flexibility index (Phi) is 3.24. The van der Waals surface area contributed by atoms with Crippen molar-refractivity contribution in [3.63, 3.8) is 0 Å². The lowest BCUT2D eigenvalue weighted by molar-refractivity contribution is 0.338. The lowest BCUT2D eigenvalue weighted by Crippen LogP contribution is -2.05. The molecule has 0 unspecified atom stereocenters. The van der Waals surface area contributed by atoms with Crippen LogP contribution in [0.4, 0.5) is 0 Å². The number of hydrogen-bond donors (Lipinski definition) is 0. The van der Waals surface area contributed by atoms with E-state index >= 15 is 0 Å². The van der Waals surface area contributed by atoms with E-state index in [9.17, 15) is 0 Å². The van der Waals surface area contributed by atoms with E-state index in [1.54, 1.807) is 13.4 Å². The molecule has 10 heavy (non-hydrogen) atoms. The maximum Gasteiger partial charge on any atom is 0.125 e. The largest absolute Gasteiger partial charge is 0.496 e. The van der Waals surface area contributed by atoms with Crippen LogP contribution in [0.2, 0.25) is 0 Å². The average Bonchev–Trinajstić information content (AvgIpc) is 1.80. The molecule has 1 heteroatoms. The number of rotatable bonds is 1. The molecule has 0 saturated heterocycles. The molecular formula is C9H16O. The molecule has 0 N–H and O–H groups in total. The second-order valence-electron chi connectivity index (χ2n) is 3.37. The summed E-state index contributed by atoms with van der Waals surface area (Å²) < 4.78 is 4.75. The normalized spacial score (nSPS) is 10.1. The second kappa shape index (κ2) is 3.48. The lowest BCUT2D eigenvalue weighted by Gasteiger charge is -2.16. The zero-order valence-electron chi connectivity index (χ0n) is 7.49. The molecule has 0 rings (SSSR count). The lowest BCUT2D eigenvalue weighted by atomic mass is 9.88. The maximum absolute atomic E-state index is 4.75. The van der Waals surface area contributed by atoms with Crippen molar-refractivity contribution in [2.24, 2.45) is 5.41 Å². The quantitative estimate of drug-likeness (QED) is 0.402. The molecule has 0 heterocycles. The Balaban J connectivity index is 4.34. The first-order valence-electron chi connectivity index (χ1n) is 3.43. The van der Waals surface area contributed by atoms with Crippen molar-refractivity contribution in [1.29, 1.82) is 0 Å². The summed E-state index contributed by atoms with van der Waals surface area (Å²) in [6.45, 7) is 8.51. The molecule has 0 spiro atoms. The van der Waals surface area contributed by atoms with Gasteiger partial charge in [0.1, 0.15) is 6.26 Å². The van der Waals surface area contributed by atoms with Gasteiger partial charge in [0.2, 0.25) is 0 Å². The van der Waals surface area contributed by atoms with E-state index in [-0.39, 0.29) is 5.41 Å². The molecule has 0 aliphatic carbocycles. The number of ether oxygens (including phenoxy) is 1. The molecule has 0 radical (unpaired) electrons. The Hall–Kier alpha value is -0.680. The van der Waals surface area contributed by atoms with E-state index in [1.807, 2.05) is 0 Å². The van der Waals surface area contributed by atoms with Gasteiger partial charge >= 0.3 is 0 Å². The minimum atomic E-state index is 0.203. The van der Waals surface area contributed by atoms with Crippen LogP contribution in [0, 0.1) is 5.41 Å². The van der Waals surface area contributed by atoms with E-state index in [0.717, 1.165) is 0 Å². The van der Waals surface area contributed by atoms with Gasteiger partial charge in [0.15, 0.2) is 0 Å². The highest BCUT2D eigenvalue weighted by Gasteiger charge is 2.11. The van der Waals surface area contributed by atoms with E-state index in [0.29, 0.717) is 0 Å². The molecule has 0 aromatic carbocycles. The van der Waals surface area contributed by atoms with Gasteiger partial charge in [0.05, 0.1) is 7.11 Å². The molecule has 1 nitrogen and oxygen atoms in total. The highest BCUT2D eigenvalue weighted by molar-refractivity contribution is 5.05. The molecular weight excluding hydrogens is 124 g/mol. The molecule has 0 fully saturated rings. The summed E-state index contributed by atoms with van der Waals surface area (Å²) in [7, 11) is 1.63. The Morgan fingerprint density at radius 1 is 1.40 bits per heavy atom. The predicted molar refractivity (Wildman–Crippen MR) is 43.7 cm³/mol. The van der Waals surface area contributed by atoms with Gasteiger partial charge in [-0.05, 0) is 17.9 Å². The van der Waals surface area contributed by atoms with Crippen molar-refractivity contribution in [1.82, 2.24) is 0 Å². The van der Waals surface area contributed by atoms with Gasteiger partial charge in [-0.2, -0.15) is 0 Å². The number of hydrogen-bond acceptors (Lipinski definition) is 1. The second-order valence-corrected chi connectivity index (χ2v) is 3.37. The number of methoxy groups -OCH3 is 1. The Morgan fingerprint density at radius 2 is 1.90 bits per heavy atom. The van der Waals surface area contributed by atoms with Crippen LogP contribution in [-0.2, 0) is 4.74 Å². The summed E-state index contributed by atoms with van der Waals surface area (Å²) in [5.74, 6) is 0. The van der Waals surface area contributed by atoms with Gasteiger partial charge in [-0.25, -0.2) is 0 Å². The fraction of sp³-hybridized carbons (Fsp3) is 0.667. The average molecular weight is 140 g/mol. The summed E-state index contributed by atoms with van der Waals surface area (Å²) >= 11 is 0. The van der Waals surface area contributed by atoms with Crippen LogP contribution in [0.3, 0.4) is 0 Å². The highest BCUT2D eigenvalue weighted by Crippen LogP contribution is 2.22. The molecule has 58 valence electrons. The van der Waals surface area contributed by atoms with Crippen molar-refractivity contribution in [2.75, 3.05) is 7.11 Å². The summed E-state index contributed by atoms with van der Waals surface area (Å²) in [6.07, 6.45) is 1.58. The molecule has 0 bridgehead atoms. The first-order chi connectivity index (χ1) is 4.48. The summed E-state index contributed by atoms with van der Waals surface area (Å²) in [5.41, 5.74) is 4.45. The van der Waals surface area contributed by atoms with Gasteiger partial charge < -0.3 is 4.74 Å². The fourth-order valence-corrected chi connectivity index (χ4v) is 0.364. The standard InChI is InChI=1S/C9H16O/c1-8(6-7-10-5)9(2,3)4/h7H,1-5H3. The fourth-order valence-electron chi connectivity index (χ4n) is 0.364. The third-order valence-electron chi connectivity index (χ3n) is 1.52. The molecule has 0 aliphatic heterocycles. The Morgan fingerprint density at radius 3 is 2.20 bits per heavy atom. The minimum Gasteiger partial charge on any atom is -0.496 e. The molecule has 0 amide bonds. The zero-order chi connectivity index (χ0) is 8.20. The Labute approximate surface area is 63.4 Å². The first-order valence-corrected chi connectivity index (χ1v) is 3.43. The van der Waals surface area contributed by atoms with Gasteiger partial charge in [-0.1, -0.05) is 26.5 Å². The first kappa shape index (κ1) is 9.32. The molecule has 0 aliphatic rings. The van der Waals surface area contributed by atoms with Gasteiger partial charge in [0, 0.05) is 0 Å². The van der Waals surface area contributed by atoms with Gasteiger partial charge in [-0.3, -0.25) is 0 Å². The molecule has 0 aromatic heterocycles. The highest BCUT2D eigenvalue weighted by atomic mass is 16.5. The van der Waals surface area contributed by atoms with Crippen LogP contribution >= 0.6 is 0 Å². The van der Waals surface area contributed by atoms with Crippen LogP contribution in [-0.4, -0.2) is 7.11 Å². The van der Waals surface area contributed by atoms with Crippen molar-refractivity contribution in [2.45, 2.75) is 27.7 Å². The third-order valence-corrected chi connectivity index (χ3v) is 1.52. The van der Waals surface area contributed by atoms with Crippen LogP contribution in [0.1, 0.15) is 27.7 Å². The van der Waals surface area contributed by atoms with Crippen molar-refractivity contribution in [3.05, 3.63) is 17.6 Å². The summed E-state index contributed by atoms with van der Waals surface area (Å²) in [6, 6.07) is 0. The summed E-state index contributed by atoms with van der Waals surface area (Å²) in [5, 5.41) is 0. The SMILES string of the molecule is COC=C=C(C)C(C)(C)C. The van der Waals surface area contributed by atoms with Gasteiger partial charge in [0.25, 0.3) is 0 Å². The zero-order valence-corrected chi connectivity index (χ0v) is 7.49. The molecule has 0 aromatic rings. The smallest absolute Gasteiger partial charge is 0.125 e. The van der Waals surface area contributed by atoms with Crippen molar-refractivity contribution >= 4 is 0 Å². The molecule has 0 saturated carbocycles. The number of allylic oxidation sites excluding steroid dienone is 1. The van der Waals surface area contributed by atoms with E-state index in [2.05, 4.69) is 33.4 Å².